The smallest absolute Gasteiger partial charge is 0.277 e. The van der Waals surface area contributed by atoms with Crippen LogP contribution in [0.4, 0.5) is 5.69 Å². The van der Waals surface area contributed by atoms with Gasteiger partial charge in [-0.15, -0.1) is 5.10 Å². The maximum atomic E-state index is 11.7. The minimum Gasteiger partial charge on any atom is -0.321 e. The van der Waals surface area contributed by atoms with Crippen LogP contribution in [0, 0.1) is 6.92 Å². The summed E-state index contributed by atoms with van der Waals surface area (Å²) in [6.45, 7) is 1.96. The molecule has 1 N–H and O–H groups in total. The Morgan fingerprint density at radius 1 is 1.44 bits per heavy atom. The number of carbonyl (C=O) groups is 1. The number of nitrogens with zero attached hydrogens (tertiary/aromatic N) is 2. The first-order valence-electron chi connectivity index (χ1n) is 4.51. The summed E-state index contributed by atoms with van der Waals surface area (Å²) in [4.78, 5) is 11.7. The maximum Gasteiger partial charge on any atom is 0.277 e. The number of hydrogen-bond donors (Lipinski definition) is 1. The first-order valence-corrected chi connectivity index (χ1v) is 6.14. The Bertz CT molecular complexity index is 493. The second-order valence-electron chi connectivity index (χ2n) is 3.26. The molecule has 1 aromatic carbocycles. The second-order valence-corrected chi connectivity index (χ2v) is 4.79. The van der Waals surface area contributed by atoms with E-state index in [0.29, 0.717) is 5.69 Å². The monoisotopic (exact) mass is 297 g/mol. The van der Waals surface area contributed by atoms with Crippen LogP contribution in [-0.4, -0.2) is 15.5 Å². The van der Waals surface area contributed by atoms with Crippen molar-refractivity contribution in [2.75, 3.05) is 5.32 Å². The predicted octanol–water partition coefficient (Wildman–Crippen LogP) is 2.86. The van der Waals surface area contributed by atoms with E-state index in [1.54, 1.807) is 5.38 Å². The van der Waals surface area contributed by atoms with Crippen LogP contribution >= 0.6 is 27.5 Å². The summed E-state index contributed by atoms with van der Waals surface area (Å²) in [7, 11) is 0. The summed E-state index contributed by atoms with van der Waals surface area (Å²) in [6, 6.07) is 5.70. The number of halogens is 1. The Morgan fingerprint density at radius 2 is 2.25 bits per heavy atom. The van der Waals surface area contributed by atoms with E-state index in [1.165, 1.54) is 0 Å². The third kappa shape index (κ3) is 2.65. The molecule has 1 heterocycles. The quantitative estimate of drug-likeness (QED) is 0.927. The van der Waals surface area contributed by atoms with Crippen LogP contribution in [0.5, 0.6) is 0 Å². The van der Waals surface area contributed by atoms with Gasteiger partial charge in [0.1, 0.15) is 0 Å². The fourth-order valence-corrected chi connectivity index (χ4v) is 2.31. The van der Waals surface area contributed by atoms with E-state index < -0.39 is 0 Å². The average Bonchev–Trinajstić information content (AvgIpc) is 2.68. The third-order valence-corrected chi connectivity index (χ3v) is 2.86. The zero-order valence-electron chi connectivity index (χ0n) is 8.40. The highest BCUT2D eigenvalue weighted by atomic mass is 79.9. The van der Waals surface area contributed by atoms with Crippen molar-refractivity contribution < 1.29 is 4.79 Å². The van der Waals surface area contributed by atoms with Gasteiger partial charge in [-0.3, -0.25) is 4.79 Å². The van der Waals surface area contributed by atoms with Gasteiger partial charge in [0.05, 0.1) is 0 Å². The fraction of sp³-hybridized carbons (Fsp3) is 0.100. The van der Waals surface area contributed by atoms with Gasteiger partial charge in [-0.1, -0.05) is 20.4 Å². The zero-order chi connectivity index (χ0) is 11.5. The van der Waals surface area contributed by atoms with E-state index in [2.05, 4.69) is 30.8 Å². The van der Waals surface area contributed by atoms with Crippen LogP contribution in [0.3, 0.4) is 0 Å². The molecule has 0 aliphatic rings. The van der Waals surface area contributed by atoms with Crippen LogP contribution in [-0.2, 0) is 0 Å². The van der Waals surface area contributed by atoms with Crippen molar-refractivity contribution in [3.63, 3.8) is 0 Å². The number of rotatable bonds is 2. The summed E-state index contributed by atoms with van der Waals surface area (Å²) >= 11 is 4.53. The predicted molar refractivity (Wildman–Crippen MR) is 66.7 cm³/mol. The summed E-state index contributed by atoms with van der Waals surface area (Å²) in [5.41, 5.74) is 2.15. The Hall–Kier alpha value is -1.27. The van der Waals surface area contributed by atoms with Crippen LogP contribution in [0.25, 0.3) is 0 Å². The molecular weight excluding hydrogens is 290 g/mol. The molecule has 1 amide bonds. The SMILES string of the molecule is Cc1cc(Br)cc(NC(=O)c2csnn2)c1. The second kappa shape index (κ2) is 4.71. The number of carbonyl (C=O) groups excluding carboxylic acids is 1. The first-order chi connectivity index (χ1) is 7.65. The van der Waals surface area contributed by atoms with Gasteiger partial charge in [0, 0.05) is 15.5 Å². The van der Waals surface area contributed by atoms with Crippen LogP contribution in [0.15, 0.2) is 28.1 Å². The molecule has 0 radical (unpaired) electrons. The molecule has 0 atom stereocenters. The largest absolute Gasteiger partial charge is 0.321 e. The molecule has 0 saturated heterocycles. The zero-order valence-corrected chi connectivity index (χ0v) is 10.8. The van der Waals surface area contributed by atoms with Gasteiger partial charge in [-0.25, -0.2) is 0 Å². The average molecular weight is 298 g/mol. The number of benzene rings is 1. The standard InChI is InChI=1S/C10H8BrN3OS/c1-6-2-7(11)4-8(3-6)12-10(15)9-5-16-14-13-9/h2-5H,1H3,(H,12,15). The third-order valence-electron chi connectivity index (χ3n) is 1.89. The lowest BCUT2D eigenvalue weighted by Crippen LogP contribution is -2.12. The van der Waals surface area contributed by atoms with Gasteiger partial charge in [0.15, 0.2) is 5.69 Å². The Balaban J connectivity index is 2.18. The van der Waals surface area contributed by atoms with Gasteiger partial charge in [-0.2, -0.15) is 0 Å². The maximum absolute atomic E-state index is 11.7. The Labute approximate surface area is 105 Å². The van der Waals surface area contributed by atoms with Crippen molar-refractivity contribution >= 4 is 39.1 Å². The van der Waals surface area contributed by atoms with Gasteiger partial charge in [0.2, 0.25) is 0 Å². The van der Waals surface area contributed by atoms with E-state index in [4.69, 9.17) is 0 Å². The number of aryl methyl sites for hydroxylation is 1. The molecule has 82 valence electrons. The van der Waals surface area contributed by atoms with Crippen molar-refractivity contribution in [1.82, 2.24) is 9.59 Å². The lowest BCUT2D eigenvalue weighted by atomic mass is 10.2. The van der Waals surface area contributed by atoms with Crippen molar-refractivity contribution in [3.05, 3.63) is 39.3 Å². The van der Waals surface area contributed by atoms with E-state index in [0.717, 1.165) is 27.3 Å². The highest BCUT2D eigenvalue weighted by Crippen LogP contribution is 2.19. The van der Waals surface area contributed by atoms with Crippen LogP contribution in [0.2, 0.25) is 0 Å². The molecule has 1 aromatic heterocycles. The molecule has 2 aromatic rings. The molecule has 0 aliphatic heterocycles. The lowest BCUT2D eigenvalue weighted by molar-refractivity contribution is 0.102. The lowest BCUT2D eigenvalue weighted by Gasteiger charge is -2.04. The molecule has 2 rings (SSSR count). The number of anilines is 1. The fourth-order valence-electron chi connectivity index (χ4n) is 1.27. The minimum atomic E-state index is -0.244. The number of hydrogen-bond acceptors (Lipinski definition) is 4. The number of aromatic nitrogens is 2. The molecule has 0 aliphatic carbocycles. The molecule has 0 fully saturated rings. The van der Waals surface area contributed by atoms with Gasteiger partial charge < -0.3 is 5.32 Å². The molecule has 0 spiro atoms. The Kier molecular flexibility index (Phi) is 3.31. The summed E-state index contributed by atoms with van der Waals surface area (Å²) in [5, 5.41) is 8.07. The van der Waals surface area contributed by atoms with Crippen molar-refractivity contribution in [3.8, 4) is 0 Å². The number of amides is 1. The first kappa shape index (κ1) is 11.2. The van der Waals surface area contributed by atoms with E-state index in [1.807, 2.05) is 25.1 Å². The molecule has 4 nitrogen and oxygen atoms in total. The molecule has 0 unspecified atom stereocenters. The molecule has 16 heavy (non-hydrogen) atoms. The van der Waals surface area contributed by atoms with Crippen molar-refractivity contribution in [1.29, 1.82) is 0 Å². The summed E-state index contributed by atoms with van der Waals surface area (Å²) < 4.78 is 4.57. The van der Waals surface area contributed by atoms with Gasteiger partial charge in [-0.05, 0) is 42.2 Å². The normalized spacial score (nSPS) is 10.1. The number of nitrogens with one attached hydrogen (secondary N) is 1. The van der Waals surface area contributed by atoms with Gasteiger partial charge >= 0.3 is 0 Å². The van der Waals surface area contributed by atoms with Crippen LogP contribution in [0.1, 0.15) is 16.1 Å². The van der Waals surface area contributed by atoms with Crippen LogP contribution < -0.4 is 5.32 Å². The summed E-state index contributed by atoms with van der Waals surface area (Å²) in [6.07, 6.45) is 0. The van der Waals surface area contributed by atoms with E-state index in [9.17, 15) is 4.79 Å². The highest BCUT2D eigenvalue weighted by Gasteiger charge is 2.09. The molecule has 0 bridgehead atoms. The minimum absolute atomic E-state index is 0.244. The highest BCUT2D eigenvalue weighted by molar-refractivity contribution is 9.10. The topological polar surface area (TPSA) is 54.9 Å². The molecule has 0 saturated carbocycles. The molecule has 6 heteroatoms. The van der Waals surface area contributed by atoms with E-state index in [-0.39, 0.29) is 5.91 Å². The molecular formula is C10H8BrN3OS. The van der Waals surface area contributed by atoms with Crippen molar-refractivity contribution in [2.24, 2.45) is 0 Å². The van der Waals surface area contributed by atoms with Gasteiger partial charge in [0.25, 0.3) is 5.91 Å². The van der Waals surface area contributed by atoms with Crippen molar-refractivity contribution in [2.45, 2.75) is 6.92 Å². The van der Waals surface area contributed by atoms with E-state index >= 15 is 0 Å². The Morgan fingerprint density at radius 3 is 2.88 bits per heavy atom. The summed E-state index contributed by atoms with van der Waals surface area (Å²) in [5.74, 6) is -0.244.